The van der Waals surface area contributed by atoms with Gasteiger partial charge in [0.05, 0.1) is 10.6 Å². The molecule has 9 heteroatoms. The van der Waals surface area contributed by atoms with Gasteiger partial charge in [-0.25, -0.2) is 8.42 Å². The van der Waals surface area contributed by atoms with Crippen LogP contribution in [-0.2, 0) is 26.2 Å². The largest absolute Gasteiger partial charge is 0.352 e. The molecule has 0 heterocycles. The van der Waals surface area contributed by atoms with Gasteiger partial charge in [0, 0.05) is 17.6 Å². The van der Waals surface area contributed by atoms with Crippen LogP contribution in [0.2, 0.25) is 5.02 Å². The standard InChI is InChI=1S/C33H40ClN3O4S/c1-5-30(33(39)35-28-10-6-7-11-28)36(21-26-15-17-27(34)18-16-26)32(38)22-37(31-12-8-9-24(3)25(31)4)42(40,41)29-19-13-23(2)14-20-29/h8-9,12-20,28,30H,5-7,10-11,21-22H2,1-4H3,(H,35,39)/t30-/m1/s1. The zero-order valence-corrected chi connectivity index (χ0v) is 26.3. The van der Waals surface area contributed by atoms with Crippen LogP contribution in [0.15, 0.2) is 71.6 Å². The van der Waals surface area contributed by atoms with Gasteiger partial charge in [0.2, 0.25) is 11.8 Å². The molecule has 0 radical (unpaired) electrons. The summed E-state index contributed by atoms with van der Waals surface area (Å²) in [5.74, 6) is -0.679. The Morgan fingerprint density at radius 1 is 0.952 bits per heavy atom. The molecule has 0 aromatic heterocycles. The first-order valence-electron chi connectivity index (χ1n) is 14.5. The second-order valence-electron chi connectivity index (χ2n) is 11.1. The molecule has 0 aliphatic heterocycles. The van der Waals surface area contributed by atoms with E-state index < -0.39 is 28.5 Å². The number of carbonyl (C=O) groups is 2. The van der Waals surface area contributed by atoms with E-state index in [4.69, 9.17) is 11.6 Å². The van der Waals surface area contributed by atoms with Crippen LogP contribution < -0.4 is 9.62 Å². The van der Waals surface area contributed by atoms with Gasteiger partial charge in [0.25, 0.3) is 10.0 Å². The molecule has 42 heavy (non-hydrogen) atoms. The van der Waals surface area contributed by atoms with Crippen LogP contribution in [0.3, 0.4) is 0 Å². The van der Waals surface area contributed by atoms with Crippen molar-refractivity contribution in [2.75, 3.05) is 10.8 Å². The van der Waals surface area contributed by atoms with Gasteiger partial charge in [-0.15, -0.1) is 0 Å². The Morgan fingerprint density at radius 3 is 2.21 bits per heavy atom. The summed E-state index contributed by atoms with van der Waals surface area (Å²) in [7, 11) is -4.12. The number of nitrogens with zero attached hydrogens (tertiary/aromatic N) is 2. The monoisotopic (exact) mass is 609 g/mol. The SMILES string of the molecule is CC[C@H](C(=O)NC1CCCC1)N(Cc1ccc(Cl)cc1)C(=O)CN(c1cccc(C)c1C)S(=O)(=O)c1ccc(C)cc1. The maximum Gasteiger partial charge on any atom is 0.264 e. The fraction of sp³-hybridized carbons (Fsp3) is 0.394. The van der Waals surface area contributed by atoms with Crippen LogP contribution in [0.4, 0.5) is 5.69 Å². The lowest BCUT2D eigenvalue weighted by molar-refractivity contribution is -0.140. The van der Waals surface area contributed by atoms with Crippen LogP contribution in [0.5, 0.6) is 0 Å². The minimum Gasteiger partial charge on any atom is -0.352 e. The predicted octanol–water partition coefficient (Wildman–Crippen LogP) is 6.33. The van der Waals surface area contributed by atoms with Crippen LogP contribution in [0.1, 0.15) is 61.3 Å². The molecule has 0 saturated heterocycles. The second kappa shape index (κ2) is 13.7. The molecule has 2 amide bonds. The fourth-order valence-electron chi connectivity index (χ4n) is 5.43. The molecule has 4 rings (SSSR count). The molecular formula is C33H40ClN3O4S. The third-order valence-electron chi connectivity index (χ3n) is 8.09. The van der Waals surface area contributed by atoms with E-state index in [0.717, 1.165) is 47.9 Å². The van der Waals surface area contributed by atoms with E-state index in [9.17, 15) is 18.0 Å². The molecule has 1 saturated carbocycles. The highest BCUT2D eigenvalue weighted by molar-refractivity contribution is 7.92. The van der Waals surface area contributed by atoms with E-state index in [2.05, 4.69) is 5.32 Å². The van der Waals surface area contributed by atoms with Gasteiger partial charge in [-0.05, 0) is 87.1 Å². The van der Waals surface area contributed by atoms with E-state index in [-0.39, 0.29) is 23.4 Å². The second-order valence-corrected chi connectivity index (χ2v) is 13.4. The number of carbonyl (C=O) groups excluding carboxylic acids is 2. The highest BCUT2D eigenvalue weighted by atomic mass is 35.5. The third kappa shape index (κ3) is 7.34. The van der Waals surface area contributed by atoms with Crippen molar-refractivity contribution in [1.82, 2.24) is 10.2 Å². The van der Waals surface area contributed by atoms with Gasteiger partial charge in [0.15, 0.2) is 0 Å². The zero-order valence-electron chi connectivity index (χ0n) is 24.8. The van der Waals surface area contributed by atoms with Gasteiger partial charge in [-0.1, -0.05) is 73.3 Å². The number of amides is 2. The molecule has 0 bridgehead atoms. The third-order valence-corrected chi connectivity index (χ3v) is 10.1. The van der Waals surface area contributed by atoms with E-state index in [0.29, 0.717) is 17.1 Å². The normalized spacial score (nSPS) is 14.4. The molecule has 1 atom stereocenters. The fourth-order valence-corrected chi connectivity index (χ4v) is 7.03. The first kappa shape index (κ1) is 31.6. The lowest BCUT2D eigenvalue weighted by atomic mass is 10.1. The van der Waals surface area contributed by atoms with E-state index in [1.165, 1.54) is 9.21 Å². The van der Waals surface area contributed by atoms with Crippen molar-refractivity contribution in [3.8, 4) is 0 Å². The molecule has 1 N–H and O–H groups in total. The van der Waals surface area contributed by atoms with E-state index in [1.807, 2.05) is 45.9 Å². The Kier molecular flexibility index (Phi) is 10.3. The number of aryl methyl sites for hydroxylation is 2. The molecule has 3 aromatic rings. The number of halogens is 1. The summed E-state index contributed by atoms with van der Waals surface area (Å²) in [5, 5.41) is 3.70. The lowest BCUT2D eigenvalue weighted by Gasteiger charge is -2.34. The number of sulfonamides is 1. The summed E-state index contributed by atoms with van der Waals surface area (Å²) in [6.45, 7) is 7.19. The molecule has 1 aliphatic carbocycles. The van der Waals surface area contributed by atoms with Gasteiger partial charge >= 0.3 is 0 Å². The Labute approximate surface area is 254 Å². The number of nitrogens with one attached hydrogen (secondary N) is 1. The summed E-state index contributed by atoms with van der Waals surface area (Å²) in [4.78, 5) is 29.5. The van der Waals surface area contributed by atoms with Crippen LogP contribution in [0.25, 0.3) is 0 Å². The Hall–Kier alpha value is -3.36. The highest BCUT2D eigenvalue weighted by Crippen LogP contribution is 2.29. The topological polar surface area (TPSA) is 86.8 Å². The summed E-state index contributed by atoms with van der Waals surface area (Å²) >= 11 is 6.11. The summed E-state index contributed by atoms with van der Waals surface area (Å²) in [6, 6.07) is 18.4. The zero-order chi connectivity index (χ0) is 30.4. The van der Waals surface area contributed by atoms with Crippen molar-refractivity contribution in [2.24, 2.45) is 0 Å². The van der Waals surface area contributed by atoms with Crippen molar-refractivity contribution in [3.05, 3.63) is 94.0 Å². The van der Waals surface area contributed by atoms with E-state index >= 15 is 0 Å². The molecule has 3 aromatic carbocycles. The maximum atomic E-state index is 14.3. The average molecular weight is 610 g/mol. The van der Waals surface area contributed by atoms with Crippen molar-refractivity contribution in [2.45, 2.75) is 83.3 Å². The van der Waals surface area contributed by atoms with Crippen molar-refractivity contribution < 1.29 is 18.0 Å². The number of hydrogen-bond donors (Lipinski definition) is 1. The van der Waals surface area contributed by atoms with Crippen molar-refractivity contribution in [3.63, 3.8) is 0 Å². The van der Waals surface area contributed by atoms with E-state index in [1.54, 1.807) is 48.5 Å². The van der Waals surface area contributed by atoms with Crippen LogP contribution in [0, 0.1) is 20.8 Å². The summed E-state index contributed by atoms with van der Waals surface area (Å²) < 4.78 is 29.4. The number of hydrogen-bond acceptors (Lipinski definition) is 4. The molecule has 1 fully saturated rings. The molecule has 224 valence electrons. The smallest absolute Gasteiger partial charge is 0.264 e. The predicted molar refractivity (Wildman–Crippen MR) is 168 cm³/mol. The van der Waals surface area contributed by atoms with Crippen molar-refractivity contribution in [1.29, 1.82) is 0 Å². The van der Waals surface area contributed by atoms with Gasteiger partial charge in [-0.2, -0.15) is 0 Å². The minimum absolute atomic E-state index is 0.0902. The molecule has 0 unspecified atom stereocenters. The Morgan fingerprint density at radius 2 is 1.60 bits per heavy atom. The highest BCUT2D eigenvalue weighted by Gasteiger charge is 2.35. The molecular weight excluding hydrogens is 570 g/mol. The van der Waals surface area contributed by atoms with Gasteiger partial charge in [-0.3, -0.25) is 13.9 Å². The number of rotatable bonds is 11. The van der Waals surface area contributed by atoms with Crippen LogP contribution in [-0.4, -0.2) is 43.8 Å². The van der Waals surface area contributed by atoms with Gasteiger partial charge in [0.1, 0.15) is 12.6 Å². The average Bonchev–Trinajstić information content (AvgIpc) is 3.47. The quantitative estimate of drug-likeness (QED) is 0.275. The van der Waals surface area contributed by atoms with Gasteiger partial charge < -0.3 is 10.2 Å². The van der Waals surface area contributed by atoms with Crippen LogP contribution >= 0.6 is 11.6 Å². The molecule has 0 spiro atoms. The Balaban J connectivity index is 1.74. The minimum atomic E-state index is -4.12. The molecule has 7 nitrogen and oxygen atoms in total. The Bertz CT molecular complexity index is 1500. The summed E-state index contributed by atoms with van der Waals surface area (Å²) in [6.07, 6.45) is 4.35. The molecule has 1 aliphatic rings. The first-order chi connectivity index (χ1) is 20.0. The number of benzene rings is 3. The lowest BCUT2D eigenvalue weighted by Crippen LogP contribution is -2.53. The maximum absolute atomic E-state index is 14.3. The summed E-state index contributed by atoms with van der Waals surface area (Å²) in [5.41, 5.74) is 3.82. The first-order valence-corrected chi connectivity index (χ1v) is 16.3. The number of anilines is 1. The van der Waals surface area contributed by atoms with Crippen molar-refractivity contribution >= 4 is 39.1 Å².